The number of aromatic amines is 1. The number of benzene rings is 1. The predicted molar refractivity (Wildman–Crippen MR) is 142 cm³/mol. The highest BCUT2D eigenvalue weighted by Crippen LogP contribution is 2.38. The van der Waals surface area contributed by atoms with Crippen LogP contribution in [0.4, 0.5) is 0 Å². The number of aryl methyl sites for hydroxylation is 2. The number of hydrogen-bond donors (Lipinski definition) is 2. The fourth-order valence-corrected chi connectivity index (χ4v) is 6.06. The number of piperidine rings is 1. The number of hydrogen-bond acceptors (Lipinski definition) is 3. The van der Waals surface area contributed by atoms with Gasteiger partial charge in [-0.2, -0.15) is 0 Å². The van der Waals surface area contributed by atoms with Crippen molar-refractivity contribution >= 4 is 16.8 Å². The van der Waals surface area contributed by atoms with Crippen LogP contribution in [0, 0.1) is 6.92 Å². The predicted octanol–water partition coefficient (Wildman–Crippen LogP) is 4.81. The fraction of sp³-hybridized carbons (Fsp3) is 0.517. The van der Waals surface area contributed by atoms with Crippen LogP contribution in [0.1, 0.15) is 74.5 Å². The van der Waals surface area contributed by atoms with E-state index < -0.39 is 0 Å². The first-order valence-corrected chi connectivity index (χ1v) is 13.2. The summed E-state index contributed by atoms with van der Waals surface area (Å²) < 4.78 is 1.67. The van der Waals surface area contributed by atoms with Crippen molar-refractivity contribution in [3.8, 4) is 11.3 Å². The molecule has 2 saturated heterocycles. The zero-order valence-electron chi connectivity index (χ0n) is 21.5. The number of rotatable bonds is 5. The summed E-state index contributed by atoms with van der Waals surface area (Å²) in [6.45, 7) is 9.09. The second-order valence-electron chi connectivity index (χ2n) is 10.9. The maximum Gasteiger partial charge on any atom is 0.253 e. The van der Waals surface area contributed by atoms with Crippen LogP contribution in [-0.2, 0) is 11.8 Å². The number of carbonyl (C=O) groups excluding carboxylic acids is 1. The molecule has 186 valence electrons. The van der Waals surface area contributed by atoms with Crippen LogP contribution < -0.4 is 10.9 Å². The third kappa shape index (κ3) is 4.68. The molecule has 1 aromatic carbocycles. The Bertz CT molecular complexity index is 1260. The normalized spacial score (nSPS) is 19.2. The van der Waals surface area contributed by atoms with Crippen molar-refractivity contribution in [1.29, 1.82) is 0 Å². The summed E-state index contributed by atoms with van der Waals surface area (Å²) in [5.41, 5.74) is 6.76. The van der Waals surface area contributed by atoms with E-state index in [1.54, 1.807) is 4.57 Å². The Morgan fingerprint density at radius 2 is 1.91 bits per heavy atom. The lowest BCUT2D eigenvalue weighted by molar-refractivity contribution is -0.132. The van der Waals surface area contributed by atoms with E-state index in [9.17, 15) is 9.59 Å². The molecule has 5 rings (SSSR count). The van der Waals surface area contributed by atoms with Crippen molar-refractivity contribution in [2.24, 2.45) is 7.05 Å². The summed E-state index contributed by atoms with van der Waals surface area (Å²) in [6, 6.07) is 9.19. The summed E-state index contributed by atoms with van der Waals surface area (Å²) in [4.78, 5) is 30.7. The maximum absolute atomic E-state index is 12.8. The van der Waals surface area contributed by atoms with Gasteiger partial charge in [-0.1, -0.05) is 19.9 Å². The number of H-pyrrole nitrogens is 1. The van der Waals surface area contributed by atoms with Gasteiger partial charge in [0, 0.05) is 60.8 Å². The number of likely N-dealkylation sites (tertiary alicyclic amines) is 1. The van der Waals surface area contributed by atoms with Crippen molar-refractivity contribution < 1.29 is 4.79 Å². The number of aromatic nitrogens is 2. The Hall–Kier alpha value is -2.86. The molecule has 4 heterocycles. The average Bonchev–Trinajstić information content (AvgIpc) is 3.49. The Morgan fingerprint density at radius 3 is 2.57 bits per heavy atom. The molecule has 0 aliphatic carbocycles. The molecule has 2 aliphatic heterocycles. The van der Waals surface area contributed by atoms with Gasteiger partial charge in [0.2, 0.25) is 5.91 Å². The molecular weight excluding hydrogens is 436 g/mol. The third-order valence-corrected chi connectivity index (χ3v) is 7.99. The maximum atomic E-state index is 12.8. The van der Waals surface area contributed by atoms with E-state index in [0.29, 0.717) is 30.2 Å². The van der Waals surface area contributed by atoms with E-state index in [-0.39, 0.29) is 5.56 Å². The topological polar surface area (TPSA) is 70.1 Å². The molecule has 2 fully saturated rings. The molecule has 0 bridgehead atoms. The molecule has 0 saturated carbocycles. The molecule has 2 aliphatic rings. The summed E-state index contributed by atoms with van der Waals surface area (Å²) in [5.74, 6) is 1.13. The van der Waals surface area contributed by atoms with Crippen LogP contribution in [0.5, 0.6) is 0 Å². The number of fused-ring (bicyclic) bond motifs is 1. The van der Waals surface area contributed by atoms with Crippen molar-refractivity contribution in [3.63, 3.8) is 0 Å². The molecule has 2 N–H and O–H groups in total. The summed E-state index contributed by atoms with van der Waals surface area (Å²) in [5, 5.41) is 4.72. The minimum atomic E-state index is 0.0440. The largest absolute Gasteiger partial charge is 0.354 e. The van der Waals surface area contributed by atoms with Gasteiger partial charge in [0.05, 0.1) is 5.69 Å². The van der Waals surface area contributed by atoms with Crippen molar-refractivity contribution in [2.45, 2.75) is 70.8 Å². The molecule has 35 heavy (non-hydrogen) atoms. The van der Waals surface area contributed by atoms with Gasteiger partial charge in [0.25, 0.3) is 5.56 Å². The van der Waals surface area contributed by atoms with Gasteiger partial charge in [-0.3, -0.25) is 9.59 Å². The van der Waals surface area contributed by atoms with Gasteiger partial charge in [0.15, 0.2) is 0 Å². The third-order valence-electron chi connectivity index (χ3n) is 7.99. The number of amides is 1. The van der Waals surface area contributed by atoms with E-state index in [4.69, 9.17) is 0 Å². The minimum Gasteiger partial charge on any atom is -0.354 e. The molecular formula is C29H38N4O2. The molecule has 0 spiro atoms. The number of pyridine rings is 1. The van der Waals surface area contributed by atoms with E-state index in [1.807, 2.05) is 26.2 Å². The zero-order chi connectivity index (χ0) is 24.7. The molecule has 2 aromatic heterocycles. The van der Waals surface area contributed by atoms with Crippen LogP contribution in [0.15, 0.2) is 35.3 Å². The Morgan fingerprint density at radius 1 is 1.14 bits per heavy atom. The monoisotopic (exact) mass is 474 g/mol. The fourth-order valence-electron chi connectivity index (χ4n) is 6.06. The van der Waals surface area contributed by atoms with Crippen LogP contribution >= 0.6 is 0 Å². The van der Waals surface area contributed by atoms with E-state index in [0.717, 1.165) is 61.2 Å². The van der Waals surface area contributed by atoms with Crippen LogP contribution in [-0.4, -0.2) is 46.0 Å². The van der Waals surface area contributed by atoms with Gasteiger partial charge < -0.3 is 19.8 Å². The van der Waals surface area contributed by atoms with E-state index in [1.165, 1.54) is 22.9 Å². The number of carbonyl (C=O) groups is 1. The molecule has 1 atom stereocenters. The quantitative estimate of drug-likeness (QED) is 0.557. The molecule has 0 unspecified atom stereocenters. The van der Waals surface area contributed by atoms with Gasteiger partial charge in [-0.05, 0) is 80.3 Å². The highest BCUT2D eigenvalue weighted by molar-refractivity contribution is 5.92. The standard InChI is InChI=1S/C29H38N4O2/c1-18(2)27-24-15-21(20-9-12-33(13-10-20)26(34)16-23-6-5-11-30-23)7-8-25(24)31-28(27)22-14-19(3)29(35)32(4)17-22/h7-8,14-15,17-18,20,23,30-31H,5-6,9-13,16H2,1-4H3/t23-/m1/s1. The smallest absolute Gasteiger partial charge is 0.253 e. The lowest BCUT2D eigenvalue weighted by Gasteiger charge is -2.33. The molecule has 1 amide bonds. The summed E-state index contributed by atoms with van der Waals surface area (Å²) in [7, 11) is 1.82. The Kier molecular flexibility index (Phi) is 6.58. The Labute approximate surface area is 207 Å². The highest BCUT2D eigenvalue weighted by Gasteiger charge is 2.27. The minimum absolute atomic E-state index is 0.0440. The lowest BCUT2D eigenvalue weighted by Crippen LogP contribution is -2.40. The molecule has 6 heteroatoms. The summed E-state index contributed by atoms with van der Waals surface area (Å²) in [6.07, 6.45) is 6.92. The number of nitrogens with zero attached hydrogens (tertiary/aromatic N) is 2. The average molecular weight is 475 g/mol. The van der Waals surface area contributed by atoms with Crippen LogP contribution in [0.2, 0.25) is 0 Å². The first-order chi connectivity index (χ1) is 16.8. The van der Waals surface area contributed by atoms with Crippen LogP contribution in [0.25, 0.3) is 22.2 Å². The van der Waals surface area contributed by atoms with Crippen molar-refractivity contribution in [3.05, 3.63) is 57.5 Å². The summed E-state index contributed by atoms with van der Waals surface area (Å²) >= 11 is 0. The molecule has 3 aromatic rings. The van der Waals surface area contributed by atoms with E-state index >= 15 is 0 Å². The van der Waals surface area contributed by atoms with Gasteiger partial charge in [0.1, 0.15) is 0 Å². The van der Waals surface area contributed by atoms with Crippen molar-refractivity contribution in [1.82, 2.24) is 19.8 Å². The Balaban J connectivity index is 1.38. The highest BCUT2D eigenvalue weighted by atomic mass is 16.2. The molecule has 0 radical (unpaired) electrons. The second kappa shape index (κ2) is 9.65. The number of nitrogens with one attached hydrogen (secondary N) is 2. The van der Waals surface area contributed by atoms with Crippen LogP contribution in [0.3, 0.4) is 0 Å². The van der Waals surface area contributed by atoms with Crippen molar-refractivity contribution in [2.75, 3.05) is 19.6 Å². The van der Waals surface area contributed by atoms with Gasteiger partial charge in [-0.15, -0.1) is 0 Å². The lowest BCUT2D eigenvalue weighted by atomic mass is 9.87. The zero-order valence-corrected chi connectivity index (χ0v) is 21.5. The first-order valence-electron chi connectivity index (χ1n) is 13.2. The SMILES string of the molecule is Cc1cc(-c2[nH]c3ccc(C4CCN(C(=O)C[C@H]5CCCN5)CC4)cc3c2C(C)C)cn(C)c1=O. The second-order valence-corrected chi connectivity index (χ2v) is 10.9. The molecule has 6 nitrogen and oxygen atoms in total. The first kappa shape index (κ1) is 23.9. The van der Waals surface area contributed by atoms with E-state index in [2.05, 4.69) is 47.2 Å². The van der Waals surface area contributed by atoms with Gasteiger partial charge in [-0.25, -0.2) is 0 Å². The van der Waals surface area contributed by atoms with Gasteiger partial charge >= 0.3 is 0 Å².